The summed E-state index contributed by atoms with van der Waals surface area (Å²) in [4.78, 5) is 56.1. The molecule has 1 aromatic heterocycles. The SMILES string of the molecule is CC(C)C1C(=O)N(C(Cc2ccccc2)C(=O)NCC(=O)C(F)(F)F)C(c2ccccc2)=CN1C(=O)c1ccc[n+](C)c1.[I-]. The first kappa shape index (κ1) is 34.4. The fourth-order valence-corrected chi connectivity index (χ4v) is 4.98. The van der Waals surface area contributed by atoms with E-state index in [1.165, 1.54) is 16.0 Å². The minimum atomic E-state index is -5.13. The van der Waals surface area contributed by atoms with Crippen LogP contribution in [0.25, 0.3) is 5.70 Å². The number of carbonyl (C=O) groups excluding carboxylic acids is 4. The Morgan fingerprint density at radius 3 is 2.14 bits per heavy atom. The Balaban J connectivity index is 0.00000529. The van der Waals surface area contributed by atoms with Crippen molar-refractivity contribution in [1.82, 2.24) is 15.1 Å². The zero-order chi connectivity index (χ0) is 31.3. The molecule has 0 saturated heterocycles. The summed E-state index contributed by atoms with van der Waals surface area (Å²) in [6, 6.07) is 18.3. The van der Waals surface area contributed by atoms with E-state index in [-0.39, 0.29) is 36.1 Å². The normalized spacial score (nSPS) is 15.8. The van der Waals surface area contributed by atoms with Gasteiger partial charge in [0.25, 0.3) is 17.6 Å². The number of hydrogen-bond acceptors (Lipinski definition) is 4. The zero-order valence-corrected chi connectivity index (χ0v) is 26.5. The minimum absolute atomic E-state index is 0. The molecule has 1 N–H and O–H groups in total. The van der Waals surface area contributed by atoms with Gasteiger partial charge in [0, 0.05) is 18.7 Å². The van der Waals surface area contributed by atoms with Gasteiger partial charge in [-0.1, -0.05) is 74.5 Å². The number of nitrogens with one attached hydrogen (secondary N) is 1. The lowest BCUT2D eigenvalue weighted by Crippen LogP contribution is -3.00. The van der Waals surface area contributed by atoms with E-state index in [0.717, 1.165) is 0 Å². The van der Waals surface area contributed by atoms with Crippen molar-refractivity contribution in [2.75, 3.05) is 6.54 Å². The van der Waals surface area contributed by atoms with Crippen LogP contribution >= 0.6 is 0 Å². The summed E-state index contributed by atoms with van der Waals surface area (Å²) in [5, 5.41) is 2.10. The van der Waals surface area contributed by atoms with Crippen LogP contribution in [0.2, 0.25) is 0 Å². The number of pyridine rings is 1. The van der Waals surface area contributed by atoms with E-state index in [1.54, 1.807) is 111 Å². The molecule has 0 aliphatic carbocycles. The number of ketones is 1. The van der Waals surface area contributed by atoms with E-state index in [2.05, 4.69) is 5.32 Å². The molecule has 0 bridgehead atoms. The maximum Gasteiger partial charge on any atom is 0.451 e. The molecule has 8 nitrogen and oxygen atoms in total. The molecule has 0 radical (unpaired) electrons. The van der Waals surface area contributed by atoms with Crippen LogP contribution in [0, 0.1) is 5.92 Å². The lowest BCUT2D eigenvalue weighted by atomic mass is 9.93. The molecule has 1 aliphatic rings. The molecule has 4 rings (SSSR count). The van der Waals surface area contributed by atoms with Crippen molar-refractivity contribution in [2.45, 2.75) is 38.5 Å². The van der Waals surface area contributed by atoms with Gasteiger partial charge >= 0.3 is 6.18 Å². The molecule has 12 heteroatoms. The summed E-state index contributed by atoms with van der Waals surface area (Å²) in [5.41, 5.74) is 1.70. The molecule has 3 aromatic rings. The van der Waals surface area contributed by atoms with Gasteiger partial charge in [-0.2, -0.15) is 13.2 Å². The molecule has 2 heterocycles. The van der Waals surface area contributed by atoms with Crippen LogP contribution in [0.1, 0.15) is 35.3 Å². The van der Waals surface area contributed by atoms with Gasteiger partial charge in [-0.3, -0.25) is 29.0 Å². The Morgan fingerprint density at radius 2 is 1.57 bits per heavy atom. The number of hydrogen-bond donors (Lipinski definition) is 1. The Morgan fingerprint density at radius 1 is 0.955 bits per heavy atom. The standard InChI is InChI=1S/C32H31F3N4O4.HI/c1-21(2)28-31(43)39(25(17-22-11-6-4-7-12-22)29(41)36-18-27(40)32(33,34)35)26(23-13-8-5-9-14-23)20-38(28)30(42)24-15-10-16-37(3)19-24;/h4-16,19-21,25,28H,17-18H2,1-3H3;1H. The monoisotopic (exact) mass is 720 g/mol. The topological polar surface area (TPSA) is 90.7 Å². The van der Waals surface area contributed by atoms with Crippen LogP contribution in [0.4, 0.5) is 13.2 Å². The highest BCUT2D eigenvalue weighted by atomic mass is 127. The van der Waals surface area contributed by atoms with Gasteiger partial charge in [-0.25, -0.2) is 4.57 Å². The highest BCUT2D eigenvalue weighted by Crippen LogP contribution is 2.33. The van der Waals surface area contributed by atoms with E-state index < -0.39 is 54.2 Å². The Bertz CT molecular complexity index is 1530. The smallest absolute Gasteiger partial charge is 0.451 e. The Labute approximate surface area is 270 Å². The second-order valence-corrected chi connectivity index (χ2v) is 10.6. The Kier molecular flexibility index (Phi) is 11.4. The van der Waals surface area contributed by atoms with Crippen molar-refractivity contribution in [3.05, 3.63) is 108 Å². The number of aryl methyl sites for hydroxylation is 1. The molecule has 0 saturated carbocycles. The molecule has 0 fully saturated rings. The number of benzene rings is 2. The fourth-order valence-electron chi connectivity index (χ4n) is 4.98. The van der Waals surface area contributed by atoms with Crippen molar-refractivity contribution in [1.29, 1.82) is 0 Å². The first-order valence-electron chi connectivity index (χ1n) is 13.7. The van der Waals surface area contributed by atoms with Crippen LogP contribution in [-0.2, 0) is 27.9 Å². The quantitative estimate of drug-likeness (QED) is 0.261. The second-order valence-electron chi connectivity index (χ2n) is 10.6. The molecule has 2 aromatic carbocycles. The number of Topliss-reactive ketones (excluding diaryl/α,β-unsaturated/α-hetero) is 1. The molecule has 0 spiro atoms. The third-order valence-corrected chi connectivity index (χ3v) is 7.06. The summed E-state index contributed by atoms with van der Waals surface area (Å²) < 4.78 is 40.6. The predicted octanol–water partition coefficient (Wildman–Crippen LogP) is 0.682. The summed E-state index contributed by atoms with van der Waals surface area (Å²) in [5.74, 6) is -4.47. The molecular weight excluding hydrogens is 688 g/mol. The molecule has 3 amide bonds. The average Bonchev–Trinajstić information content (AvgIpc) is 2.98. The van der Waals surface area contributed by atoms with E-state index in [0.29, 0.717) is 16.7 Å². The number of aromatic nitrogens is 1. The lowest BCUT2D eigenvalue weighted by Gasteiger charge is -2.44. The second kappa shape index (κ2) is 14.6. The maximum atomic E-state index is 14.5. The van der Waals surface area contributed by atoms with Gasteiger partial charge in [0.1, 0.15) is 24.7 Å². The van der Waals surface area contributed by atoms with Crippen LogP contribution in [0.5, 0.6) is 0 Å². The third-order valence-electron chi connectivity index (χ3n) is 7.06. The van der Waals surface area contributed by atoms with Crippen LogP contribution < -0.4 is 33.9 Å². The van der Waals surface area contributed by atoms with Gasteiger partial charge in [0.2, 0.25) is 5.91 Å². The number of halogens is 4. The average molecular weight is 721 g/mol. The predicted molar refractivity (Wildman–Crippen MR) is 152 cm³/mol. The van der Waals surface area contributed by atoms with Gasteiger partial charge in [-0.05, 0) is 23.1 Å². The number of nitrogens with zero attached hydrogens (tertiary/aromatic N) is 3. The number of alkyl halides is 3. The van der Waals surface area contributed by atoms with Crippen LogP contribution in [0.3, 0.4) is 0 Å². The van der Waals surface area contributed by atoms with Crippen molar-refractivity contribution in [3.63, 3.8) is 0 Å². The Hall–Kier alpha value is -4.07. The van der Waals surface area contributed by atoms with Gasteiger partial charge in [0.15, 0.2) is 12.4 Å². The fraction of sp³-hybridized carbons (Fsp3) is 0.281. The van der Waals surface area contributed by atoms with E-state index in [9.17, 15) is 32.3 Å². The van der Waals surface area contributed by atoms with E-state index in [1.807, 2.05) is 0 Å². The van der Waals surface area contributed by atoms with Gasteiger partial charge < -0.3 is 29.3 Å². The third kappa shape index (κ3) is 7.90. The van der Waals surface area contributed by atoms with Crippen LogP contribution in [0.15, 0.2) is 91.4 Å². The summed E-state index contributed by atoms with van der Waals surface area (Å²) in [6.07, 6.45) is -0.272. The summed E-state index contributed by atoms with van der Waals surface area (Å²) in [7, 11) is 1.77. The van der Waals surface area contributed by atoms with Crippen molar-refractivity contribution in [3.8, 4) is 0 Å². The molecule has 2 unspecified atom stereocenters. The molecule has 44 heavy (non-hydrogen) atoms. The minimum Gasteiger partial charge on any atom is -1.00 e. The molecule has 1 aliphatic heterocycles. The summed E-state index contributed by atoms with van der Waals surface area (Å²) in [6.45, 7) is 2.26. The largest absolute Gasteiger partial charge is 1.00 e. The number of carbonyl (C=O) groups is 4. The van der Waals surface area contributed by atoms with E-state index in [4.69, 9.17) is 0 Å². The number of rotatable bonds is 9. The van der Waals surface area contributed by atoms with Crippen molar-refractivity contribution in [2.24, 2.45) is 13.0 Å². The number of amides is 3. The first-order valence-corrected chi connectivity index (χ1v) is 13.7. The molecule has 2 atom stereocenters. The lowest BCUT2D eigenvalue weighted by molar-refractivity contribution is -0.671. The highest BCUT2D eigenvalue weighted by molar-refractivity contribution is 6.04. The van der Waals surface area contributed by atoms with Crippen molar-refractivity contribution >= 4 is 29.2 Å². The molecular formula is C32H32F3IN4O4. The zero-order valence-electron chi connectivity index (χ0n) is 24.3. The first-order chi connectivity index (χ1) is 20.4. The highest BCUT2D eigenvalue weighted by Gasteiger charge is 2.46. The summed E-state index contributed by atoms with van der Waals surface area (Å²) >= 11 is 0. The van der Waals surface area contributed by atoms with Gasteiger partial charge in [0.05, 0.1) is 12.2 Å². The van der Waals surface area contributed by atoms with E-state index >= 15 is 0 Å². The van der Waals surface area contributed by atoms with Crippen LogP contribution in [-0.4, -0.2) is 58.1 Å². The maximum absolute atomic E-state index is 14.5. The van der Waals surface area contributed by atoms with Gasteiger partial charge in [-0.15, -0.1) is 0 Å². The van der Waals surface area contributed by atoms with Crippen molar-refractivity contribution < 1.29 is 60.9 Å². The molecule has 232 valence electrons.